The summed E-state index contributed by atoms with van der Waals surface area (Å²) in [4.78, 5) is 16.0. The zero-order valence-corrected chi connectivity index (χ0v) is 12.3. The molecule has 2 unspecified atom stereocenters. The first-order valence-corrected chi connectivity index (χ1v) is 7.54. The minimum absolute atomic E-state index is 0.0116. The average molecular weight is 273 g/mol. The molecule has 0 spiro atoms. The average Bonchev–Trinajstić information content (AvgIpc) is 3.00. The summed E-state index contributed by atoms with van der Waals surface area (Å²) in [5.74, 6) is 0.803. The Hall–Kier alpha value is -1.55. The van der Waals surface area contributed by atoms with Crippen LogP contribution in [0.3, 0.4) is 0 Å². The molecular formula is C16H23N3O. The molecule has 0 saturated carbocycles. The zero-order chi connectivity index (χ0) is 14.3. The maximum atomic E-state index is 11.9. The summed E-state index contributed by atoms with van der Waals surface area (Å²) >= 11 is 0. The Labute approximate surface area is 120 Å². The van der Waals surface area contributed by atoms with Crippen LogP contribution in [0.2, 0.25) is 0 Å². The van der Waals surface area contributed by atoms with Gasteiger partial charge in [-0.05, 0) is 30.9 Å². The van der Waals surface area contributed by atoms with Crippen molar-refractivity contribution >= 4 is 17.3 Å². The number of likely N-dealkylation sites (N-methyl/N-ethyl adjacent to an activating group) is 1. The molecular weight excluding hydrogens is 250 g/mol. The highest BCUT2D eigenvalue weighted by atomic mass is 16.2. The molecule has 0 radical (unpaired) electrons. The van der Waals surface area contributed by atoms with Crippen LogP contribution < -0.4 is 15.5 Å². The Morgan fingerprint density at radius 3 is 2.95 bits per heavy atom. The fourth-order valence-corrected chi connectivity index (χ4v) is 3.45. The summed E-state index contributed by atoms with van der Waals surface area (Å²) in [5, 5.41) is 0. The van der Waals surface area contributed by atoms with Gasteiger partial charge >= 0.3 is 0 Å². The first-order valence-electron chi connectivity index (χ1n) is 7.54. The molecule has 1 amide bonds. The van der Waals surface area contributed by atoms with Crippen molar-refractivity contribution in [1.29, 1.82) is 0 Å². The van der Waals surface area contributed by atoms with Gasteiger partial charge in [0.2, 0.25) is 5.91 Å². The van der Waals surface area contributed by atoms with Crippen molar-refractivity contribution in [2.45, 2.75) is 32.2 Å². The van der Waals surface area contributed by atoms with E-state index in [2.05, 4.69) is 24.0 Å². The van der Waals surface area contributed by atoms with Crippen LogP contribution in [0, 0.1) is 5.92 Å². The normalized spacial score (nSPS) is 25.4. The number of carbonyl (C=O) groups excluding carboxylic acids is 1. The van der Waals surface area contributed by atoms with Gasteiger partial charge in [-0.2, -0.15) is 0 Å². The lowest BCUT2D eigenvalue weighted by Gasteiger charge is -2.20. The number of carbonyl (C=O) groups is 1. The molecule has 1 aromatic rings. The first-order chi connectivity index (χ1) is 9.61. The molecule has 2 N–H and O–H groups in total. The maximum Gasteiger partial charge on any atom is 0.248 e. The van der Waals surface area contributed by atoms with E-state index >= 15 is 0 Å². The quantitative estimate of drug-likeness (QED) is 0.919. The molecule has 20 heavy (non-hydrogen) atoms. The topological polar surface area (TPSA) is 49.6 Å². The van der Waals surface area contributed by atoms with Gasteiger partial charge in [-0.15, -0.1) is 0 Å². The molecule has 1 fully saturated rings. The summed E-state index contributed by atoms with van der Waals surface area (Å²) < 4.78 is 0. The smallest absolute Gasteiger partial charge is 0.248 e. The molecule has 0 aliphatic carbocycles. The third-order valence-electron chi connectivity index (χ3n) is 4.65. The molecule has 4 nitrogen and oxygen atoms in total. The number of rotatable bonds is 3. The van der Waals surface area contributed by atoms with Crippen LogP contribution in [0.25, 0.3) is 0 Å². The summed E-state index contributed by atoms with van der Waals surface area (Å²) in [7, 11) is 1.81. The van der Waals surface area contributed by atoms with Crippen LogP contribution in [0.5, 0.6) is 0 Å². The van der Waals surface area contributed by atoms with Crippen molar-refractivity contribution < 1.29 is 4.79 Å². The van der Waals surface area contributed by atoms with E-state index < -0.39 is 6.04 Å². The maximum absolute atomic E-state index is 11.9. The van der Waals surface area contributed by atoms with Crippen LogP contribution in [0.4, 0.5) is 11.4 Å². The van der Waals surface area contributed by atoms with Gasteiger partial charge in [0.25, 0.3) is 0 Å². The predicted octanol–water partition coefficient (Wildman–Crippen LogP) is 2.29. The van der Waals surface area contributed by atoms with E-state index in [4.69, 9.17) is 5.73 Å². The standard InChI is InChI=1S/C16H23N3O/c1-3-4-11-7-8-19(10-11)12-5-6-13-14(9-12)18(2)16(20)15(13)17/h5-6,9,11,15H,3-4,7-8,10,17H2,1-2H3. The monoisotopic (exact) mass is 273 g/mol. The summed E-state index contributed by atoms with van der Waals surface area (Å²) in [6.07, 6.45) is 3.85. The molecule has 3 rings (SSSR count). The van der Waals surface area contributed by atoms with Crippen LogP contribution >= 0.6 is 0 Å². The molecule has 1 aromatic carbocycles. The molecule has 2 aliphatic rings. The fourth-order valence-electron chi connectivity index (χ4n) is 3.45. The Morgan fingerprint density at radius 1 is 1.40 bits per heavy atom. The second-order valence-corrected chi connectivity index (χ2v) is 6.01. The number of fused-ring (bicyclic) bond motifs is 1. The Morgan fingerprint density at radius 2 is 2.20 bits per heavy atom. The van der Waals surface area contributed by atoms with Crippen molar-refractivity contribution in [2.24, 2.45) is 11.7 Å². The van der Waals surface area contributed by atoms with E-state index in [9.17, 15) is 4.79 Å². The Bertz CT molecular complexity index is 528. The third kappa shape index (κ3) is 2.08. The number of nitrogens with two attached hydrogens (primary N) is 1. The largest absolute Gasteiger partial charge is 0.371 e. The Kier molecular flexibility index (Phi) is 3.42. The van der Waals surface area contributed by atoms with Gasteiger partial charge in [0.1, 0.15) is 6.04 Å². The highest BCUT2D eigenvalue weighted by molar-refractivity contribution is 6.04. The lowest BCUT2D eigenvalue weighted by Crippen LogP contribution is -2.27. The van der Waals surface area contributed by atoms with E-state index in [0.29, 0.717) is 0 Å². The lowest BCUT2D eigenvalue weighted by molar-refractivity contribution is -0.118. The number of anilines is 2. The SMILES string of the molecule is CCCC1CCN(c2ccc3c(c2)N(C)C(=O)C3N)C1. The van der Waals surface area contributed by atoms with Gasteiger partial charge in [0.05, 0.1) is 5.69 Å². The number of hydrogen-bond donors (Lipinski definition) is 1. The zero-order valence-electron chi connectivity index (χ0n) is 12.3. The first kappa shape index (κ1) is 13.4. The van der Waals surface area contributed by atoms with Gasteiger partial charge in [-0.3, -0.25) is 4.79 Å². The minimum atomic E-state index is -0.490. The van der Waals surface area contributed by atoms with Crippen molar-refractivity contribution in [1.82, 2.24) is 0 Å². The number of amides is 1. The van der Waals surface area contributed by atoms with E-state index in [1.54, 1.807) is 4.90 Å². The fraction of sp³-hybridized carbons (Fsp3) is 0.562. The van der Waals surface area contributed by atoms with Gasteiger partial charge in [0.15, 0.2) is 0 Å². The van der Waals surface area contributed by atoms with Gasteiger partial charge in [-0.25, -0.2) is 0 Å². The minimum Gasteiger partial charge on any atom is -0.371 e. The van der Waals surface area contributed by atoms with Crippen molar-refractivity contribution in [3.05, 3.63) is 23.8 Å². The second-order valence-electron chi connectivity index (χ2n) is 6.01. The predicted molar refractivity (Wildman–Crippen MR) is 82.0 cm³/mol. The van der Waals surface area contributed by atoms with Crippen molar-refractivity contribution in [2.75, 3.05) is 29.9 Å². The van der Waals surface area contributed by atoms with Crippen LogP contribution in [-0.2, 0) is 4.79 Å². The van der Waals surface area contributed by atoms with Gasteiger partial charge in [-0.1, -0.05) is 19.4 Å². The van der Waals surface area contributed by atoms with E-state index in [0.717, 1.165) is 30.3 Å². The van der Waals surface area contributed by atoms with Crippen molar-refractivity contribution in [3.8, 4) is 0 Å². The van der Waals surface area contributed by atoms with E-state index in [1.165, 1.54) is 24.9 Å². The van der Waals surface area contributed by atoms with Crippen molar-refractivity contribution in [3.63, 3.8) is 0 Å². The summed E-state index contributed by atoms with van der Waals surface area (Å²) in [6.45, 7) is 4.50. The number of benzene rings is 1. The molecule has 0 bridgehead atoms. The Balaban J connectivity index is 1.82. The highest BCUT2D eigenvalue weighted by Crippen LogP contribution is 2.37. The summed E-state index contributed by atoms with van der Waals surface area (Å²) in [5.41, 5.74) is 9.08. The molecule has 1 saturated heterocycles. The van der Waals surface area contributed by atoms with E-state index in [-0.39, 0.29) is 5.91 Å². The molecule has 2 aliphatic heterocycles. The molecule has 2 heterocycles. The lowest BCUT2D eigenvalue weighted by atomic mass is 10.0. The van der Waals surface area contributed by atoms with Gasteiger partial charge < -0.3 is 15.5 Å². The number of nitrogens with zero attached hydrogens (tertiary/aromatic N) is 2. The van der Waals surface area contributed by atoms with Crippen LogP contribution in [0.15, 0.2) is 18.2 Å². The molecule has 108 valence electrons. The van der Waals surface area contributed by atoms with Crippen LogP contribution in [0.1, 0.15) is 37.8 Å². The van der Waals surface area contributed by atoms with Gasteiger partial charge in [0, 0.05) is 31.4 Å². The van der Waals surface area contributed by atoms with Crippen LogP contribution in [-0.4, -0.2) is 26.0 Å². The second kappa shape index (κ2) is 5.09. The molecule has 4 heteroatoms. The highest BCUT2D eigenvalue weighted by Gasteiger charge is 2.33. The molecule has 2 atom stereocenters. The summed E-state index contributed by atoms with van der Waals surface area (Å²) in [6, 6.07) is 5.76. The number of hydrogen-bond acceptors (Lipinski definition) is 3. The molecule has 0 aromatic heterocycles. The van der Waals surface area contributed by atoms with E-state index in [1.807, 2.05) is 13.1 Å². The third-order valence-corrected chi connectivity index (χ3v) is 4.65.